The molecule has 36 heavy (non-hydrogen) atoms. The highest BCUT2D eigenvalue weighted by Crippen LogP contribution is 2.29. The van der Waals surface area contributed by atoms with E-state index in [1.54, 1.807) is 24.3 Å². The van der Waals surface area contributed by atoms with Crippen LogP contribution in [0.2, 0.25) is 0 Å². The zero-order valence-corrected chi connectivity index (χ0v) is 19.6. The number of rotatable bonds is 7. The SMILES string of the molecule is COc1cccc(C(=O)N(Cc2ccc(F)cc2)C2CC(=O)N(c3ccc(OC(C)=O)cc3)C2=O)c1. The van der Waals surface area contributed by atoms with Crippen molar-refractivity contribution in [3.05, 3.63) is 89.7 Å². The van der Waals surface area contributed by atoms with E-state index < -0.39 is 35.5 Å². The molecule has 1 aliphatic heterocycles. The van der Waals surface area contributed by atoms with Crippen molar-refractivity contribution < 1.29 is 33.0 Å². The summed E-state index contributed by atoms with van der Waals surface area (Å²) < 4.78 is 23.7. The Kier molecular flexibility index (Phi) is 7.10. The minimum absolute atomic E-state index is 0.0146. The fourth-order valence-corrected chi connectivity index (χ4v) is 3.99. The van der Waals surface area contributed by atoms with Gasteiger partial charge in [-0.15, -0.1) is 0 Å². The molecule has 3 aromatic carbocycles. The van der Waals surface area contributed by atoms with Gasteiger partial charge in [0.2, 0.25) is 5.91 Å². The van der Waals surface area contributed by atoms with Gasteiger partial charge in [0.1, 0.15) is 23.4 Å². The van der Waals surface area contributed by atoms with Gasteiger partial charge in [0.25, 0.3) is 11.8 Å². The molecule has 1 fully saturated rings. The summed E-state index contributed by atoms with van der Waals surface area (Å²) in [5, 5.41) is 0. The van der Waals surface area contributed by atoms with Crippen LogP contribution in [0.15, 0.2) is 72.8 Å². The van der Waals surface area contributed by atoms with Crippen LogP contribution in [0, 0.1) is 5.82 Å². The highest BCUT2D eigenvalue weighted by atomic mass is 19.1. The van der Waals surface area contributed by atoms with E-state index in [2.05, 4.69) is 0 Å². The number of hydrogen-bond donors (Lipinski definition) is 0. The maximum atomic E-state index is 13.6. The molecule has 0 spiro atoms. The van der Waals surface area contributed by atoms with Crippen molar-refractivity contribution in [3.8, 4) is 11.5 Å². The molecule has 0 radical (unpaired) electrons. The van der Waals surface area contributed by atoms with E-state index in [1.807, 2.05) is 0 Å². The zero-order valence-electron chi connectivity index (χ0n) is 19.6. The molecule has 0 aromatic heterocycles. The Morgan fingerprint density at radius 1 is 1.00 bits per heavy atom. The van der Waals surface area contributed by atoms with E-state index in [1.165, 1.54) is 67.5 Å². The number of halogens is 1. The zero-order chi connectivity index (χ0) is 25.8. The van der Waals surface area contributed by atoms with Crippen molar-refractivity contribution in [1.82, 2.24) is 4.90 Å². The van der Waals surface area contributed by atoms with Crippen molar-refractivity contribution >= 4 is 29.4 Å². The van der Waals surface area contributed by atoms with Gasteiger partial charge in [-0.05, 0) is 60.2 Å². The Bertz CT molecular complexity index is 1310. The van der Waals surface area contributed by atoms with Crippen LogP contribution in [0.4, 0.5) is 10.1 Å². The van der Waals surface area contributed by atoms with Crippen LogP contribution in [0.25, 0.3) is 0 Å². The fourth-order valence-electron chi connectivity index (χ4n) is 3.99. The largest absolute Gasteiger partial charge is 0.497 e. The standard InChI is InChI=1S/C27H23FN2O6/c1-17(31)36-22-12-10-21(11-13-22)30-25(32)15-24(27(30)34)29(16-18-6-8-20(28)9-7-18)26(33)19-4-3-5-23(14-19)35-2/h3-14,24H,15-16H2,1-2H3. The molecule has 9 heteroatoms. The van der Waals surface area contributed by atoms with Crippen molar-refractivity contribution in [2.75, 3.05) is 12.0 Å². The Hall–Kier alpha value is -4.53. The summed E-state index contributed by atoms with van der Waals surface area (Å²) in [6.45, 7) is 1.25. The third-order valence-corrected chi connectivity index (χ3v) is 5.70. The van der Waals surface area contributed by atoms with Crippen LogP contribution in [0.5, 0.6) is 11.5 Å². The Morgan fingerprint density at radius 2 is 1.69 bits per heavy atom. The van der Waals surface area contributed by atoms with Crippen LogP contribution >= 0.6 is 0 Å². The lowest BCUT2D eigenvalue weighted by atomic mass is 10.1. The van der Waals surface area contributed by atoms with Crippen molar-refractivity contribution in [1.29, 1.82) is 0 Å². The number of carbonyl (C=O) groups excluding carboxylic acids is 4. The number of ether oxygens (including phenoxy) is 2. The third kappa shape index (κ3) is 5.25. The molecule has 1 atom stereocenters. The molecule has 1 aliphatic rings. The highest BCUT2D eigenvalue weighted by Gasteiger charge is 2.44. The molecule has 1 saturated heterocycles. The first-order valence-corrected chi connectivity index (χ1v) is 11.1. The van der Waals surface area contributed by atoms with Crippen LogP contribution in [-0.2, 0) is 20.9 Å². The minimum Gasteiger partial charge on any atom is -0.497 e. The van der Waals surface area contributed by atoms with Gasteiger partial charge in [-0.1, -0.05) is 18.2 Å². The lowest BCUT2D eigenvalue weighted by molar-refractivity contribution is -0.132. The molecule has 1 heterocycles. The van der Waals surface area contributed by atoms with Gasteiger partial charge in [-0.25, -0.2) is 9.29 Å². The molecule has 0 N–H and O–H groups in total. The number of hydrogen-bond acceptors (Lipinski definition) is 6. The molecule has 0 saturated carbocycles. The summed E-state index contributed by atoms with van der Waals surface area (Å²) in [6, 6.07) is 16.9. The van der Waals surface area contributed by atoms with Gasteiger partial charge in [-0.2, -0.15) is 0 Å². The molecule has 4 rings (SSSR count). The van der Waals surface area contributed by atoms with Crippen LogP contribution in [0.3, 0.4) is 0 Å². The maximum absolute atomic E-state index is 13.6. The quantitative estimate of drug-likeness (QED) is 0.285. The van der Waals surface area contributed by atoms with E-state index in [0.717, 1.165) is 4.90 Å². The second-order valence-corrected chi connectivity index (χ2v) is 8.17. The summed E-state index contributed by atoms with van der Waals surface area (Å²) in [4.78, 5) is 53.5. The number of imide groups is 1. The van der Waals surface area contributed by atoms with Gasteiger partial charge >= 0.3 is 5.97 Å². The second kappa shape index (κ2) is 10.4. The molecule has 184 valence electrons. The number of benzene rings is 3. The molecule has 0 aliphatic carbocycles. The van der Waals surface area contributed by atoms with Gasteiger partial charge in [-0.3, -0.25) is 19.2 Å². The van der Waals surface area contributed by atoms with Crippen LogP contribution in [-0.4, -0.2) is 41.7 Å². The van der Waals surface area contributed by atoms with Gasteiger partial charge in [0, 0.05) is 19.0 Å². The minimum atomic E-state index is -1.07. The predicted molar refractivity (Wildman–Crippen MR) is 128 cm³/mol. The van der Waals surface area contributed by atoms with E-state index in [9.17, 15) is 23.6 Å². The molecule has 0 bridgehead atoms. The first-order chi connectivity index (χ1) is 17.3. The summed E-state index contributed by atoms with van der Waals surface area (Å²) in [6.07, 6.45) is -0.221. The molecular weight excluding hydrogens is 467 g/mol. The first-order valence-electron chi connectivity index (χ1n) is 11.1. The lowest BCUT2D eigenvalue weighted by Gasteiger charge is -2.28. The summed E-state index contributed by atoms with van der Waals surface area (Å²) in [7, 11) is 1.48. The van der Waals surface area contributed by atoms with Crippen molar-refractivity contribution in [3.63, 3.8) is 0 Å². The predicted octanol–water partition coefficient (Wildman–Crippen LogP) is 3.73. The van der Waals surface area contributed by atoms with E-state index in [0.29, 0.717) is 17.0 Å². The number of nitrogens with zero attached hydrogens (tertiary/aromatic N) is 2. The lowest BCUT2D eigenvalue weighted by Crippen LogP contribution is -2.45. The monoisotopic (exact) mass is 490 g/mol. The third-order valence-electron chi connectivity index (χ3n) is 5.70. The number of methoxy groups -OCH3 is 1. The van der Waals surface area contributed by atoms with Crippen LogP contribution in [0.1, 0.15) is 29.3 Å². The molecule has 3 aromatic rings. The normalized spacial score (nSPS) is 15.1. The maximum Gasteiger partial charge on any atom is 0.308 e. The van der Waals surface area contributed by atoms with Crippen molar-refractivity contribution in [2.45, 2.75) is 25.9 Å². The average molecular weight is 490 g/mol. The second-order valence-electron chi connectivity index (χ2n) is 8.17. The number of amides is 3. The average Bonchev–Trinajstić information content (AvgIpc) is 3.16. The molecule has 3 amide bonds. The van der Waals surface area contributed by atoms with Gasteiger partial charge < -0.3 is 14.4 Å². The fraction of sp³-hybridized carbons (Fsp3) is 0.185. The summed E-state index contributed by atoms with van der Waals surface area (Å²) >= 11 is 0. The van der Waals surface area contributed by atoms with Crippen molar-refractivity contribution in [2.24, 2.45) is 0 Å². The first kappa shape index (κ1) is 24.6. The molecular formula is C27H23FN2O6. The van der Waals surface area contributed by atoms with Gasteiger partial charge in [0.05, 0.1) is 19.2 Å². The Morgan fingerprint density at radius 3 is 2.33 bits per heavy atom. The van der Waals surface area contributed by atoms with E-state index in [-0.39, 0.29) is 24.3 Å². The van der Waals surface area contributed by atoms with E-state index in [4.69, 9.17) is 9.47 Å². The number of carbonyl (C=O) groups is 4. The summed E-state index contributed by atoms with van der Waals surface area (Å²) in [5.41, 5.74) is 1.16. The molecule has 8 nitrogen and oxygen atoms in total. The number of esters is 1. The Balaban J connectivity index is 1.65. The smallest absolute Gasteiger partial charge is 0.308 e. The van der Waals surface area contributed by atoms with Crippen LogP contribution < -0.4 is 14.4 Å². The topological polar surface area (TPSA) is 93.2 Å². The highest BCUT2D eigenvalue weighted by molar-refractivity contribution is 6.23. The van der Waals surface area contributed by atoms with Gasteiger partial charge in [0.15, 0.2) is 0 Å². The number of anilines is 1. The molecule has 1 unspecified atom stereocenters. The summed E-state index contributed by atoms with van der Waals surface area (Å²) in [5.74, 6) is -1.72. The van der Waals surface area contributed by atoms with E-state index >= 15 is 0 Å². The Labute approximate surface area is 206 Å².